The average molecular weight is 494 g/mol. The summed E-state index contributed by atoms with van der Waals surface area (Å²) in [6, 6.07) is 6.16. The van der Waals surface area contributed by atoms with Crippen molar-refractivity contribution in [2.24, 2.45) is 17.3 Å². The first-order valence-corrected chi connectivity index (χ1v) is 13.5. The molecule has 0 amide bonds. The van der Waals surface area contributed by atoms with Crippen molar-refractivity contribution < 1.29 is 19.3 Å². The maximum absolute atomic E-state index is 17.2. The standard InChI is InChI=1S/C29H36FN3O3/c1-26-8-10-28(30)13-20-24(34)25(35)22(33(2)3)14-27(20)9-11-29(28,36-27)23(26)7-6-19(26)17-4-5-18-15-31-16-32-21(18)12-17/h4-6,12,15-16,20,22-25,34-35H,7-11,13-14H2,1-3H3/t20?,22-,23?,24+,25+,26+,27+,28?,29-/m0/s1. The third kappa shape index (κ3) is 2.75. The van der Waals surface area contributed by atoms with Gasteiger partial charge in [0.25, 0.3) is 0 Å². The number of hydrogen-bond acceptors (Lipinski definition) is 6. The maximum Gasteiger partial charge on any atom is 0.140 e. The first kappa shape index (κ1) is 23.2. The molecule has 2 saturated carbocycles. The molecule has 3 heterocycles. The number of aliphatic hydroxyl groups is 2. The third-order valence-electron chi connectivity index (χ3n) is 11.0. The highest BCUT2D eigenvalue weighted by Gasteiger charge is 2.77. The van der Waals surface area contributed by atoms with Crippen molar-refractivity contribution in [3.63, 3.8) is 0 Å². The molecule has 7 rings (SSSR count). The van der Waals surface area contributed by atoms with Crippen LogP contribution in [0.25, 0.3) is 16.5 Å². The van der Waals surface area contributed by atoms with E-state index in [9.17, 15) is 10.2 Å². The number of likely N-dealkylation sites (N-methyl/N-ethyl adjacent to an activating group) is 1. The molecule has 36 heavy (non-hydrogen) atoms. The zero-order valence-corrected chi connectivity index (χ0v) is 21.3. The molecule has 2 saturated heterocycles. The molecule has 2 aromatic rings. The van der Waals surface area contributed by atoms with Crippen LogP contribution in [0.15, 0.2) is 36.8 Å². The molecule has 9 atom stereocenters. The van der Waals surface area contributed by atoms with Gasteiger partial charge in [0.15, 0.2) is 0 Å². The van der Waals surface area contributed by atoms with E-state index >= 15 is 4.39 Å². The molecule has 3 aliphatic carbocycles. The first-order valence-electron chi connectivity index (χ1n) is 13.5. The van der Waals surface area contributed by atoms with Crippen LogP contribution in [-0.2, 0) is 4.74 Å². The van der Waals surface area contributed by atoms with Crippen molar-refractivity contribution in [2.45, 2.75) is 87.0 Å². The monoisotopic (exact) mass is 493 g/mol. The Morgan fingerprint density at radius 2 is 1.92 bits per heavy atom. The topological polar surface area (TPSA) is 78.7 Å². The Bertz CT molecular complexity index is 1270. The first-order chi connectivity index (χ1) is 17.1. The van der Waals surface area contributed by atoms with Crippen LogP contribution in [0.4, 0.5) is 4.39 Å². The molecule has 2 bridgehead atoms. The fourth-order valence-corrected chi connectivity index (χ4v) is 9.15. The van der Waals surface area contributed by atoms with Crippen LogP contribution in [0, 0.1) is 17.3 Å². The van der Waals surface area contributed by atoms with Crippen molar-refractivity contribution in [1.82, 2.24) is 14.9 Å². The molecular weight excluding hydrogens is 457 g/mol. The molecule has 6 nitrogen and oxygen atoms in total. The molecular formula is C29H36FN3O3. The molecule has 7 heteroatoms. The summed E-state index contributed by atoms with van der Waals surface area (Å²) in [6.45, 7) is 2.30. The van der Waals surface area contributed by atoms with Gasteiger partial charge in [-0.15, -0.1) is 0 Å². The Hall–Kier alpha value is -1.93. The van der Waals surface area contributed by atoms with Crippen LogP contribution in [-0.4, -0.2) is 74.3 Å². The lowest BCUT2D eigenvalue weighted by Crippen LogP contribution is -2.72. The van der Waals surface area contributed by atoms with Gasteiger partial charge in [-0.1, -0.05) is 25.1 Å². The summed E-state index contributed by atoms with van der Waals surface area (Å²) in [5.74, 6) is -0.329. The zero-order chi connectivity index (χ0) is 25.1. The normalized spacial score (nSPS) is 47.4. The molecule has 2 aliphatic heterocycles. The third-order valence-corrected chi connectivity index (χ3v) is 11.0. The number of allylic oxidation sites excluding steroid dienone is 2. The van der Waals surface area contributed by atoms with E-state index in [1.54, 1.807) is 6.33 Å². The minimum Gasteiger partial charge on any atom is -0.390 e. The summed E-state index contributed by atoms with van der Waals surface area (Å²) < 4.78 is 24.3. The minimum atomic E-state index is -1.49. The fraction of sp³-hybridized carbons (Fsp3) is 0.655. The minimum absolute atomic E-state index is 0.0435. The van der Waals surface area contributed by atoms with Crippen molar-refractivity contribution in [3.8, 4) is 0 Å². The lowest BCUT2D eigenvalue weighted by Gasteiger charge is -2.64. The number of rotatable bonds is 2. The second kappa shape index (κ2) is 7.34. The van der Waals surface area contributed by atoms with Crippen molar-refractivity contribution in [3.05, 3.63) is 42.4 Å². The lowest BCUT2D eigenvalue weighted by atomic mass is 9.51. The van der Waals surface area contributed by atoms with Gasteiger partial charge < -0.3 is 19.8 Å². The van der Waals surface area contributed by atoms with Gasteiger partial charge in [-0.25, -0.2) is 14.4 Å². The molecule has 3 unspecified atom stereocenters. The van der Waals surface area contributed by atoms with E-state index in [0.29, 0.717) is 19.3 Å². The van der Waals surface area contributed by atoms with E-state index in [-0.39, 0.29) is 29.7 Å². The van der Waals surface area contributed by atoms with E-state index in [1.807, 2.05) is 25.2 Å². The smallest absolute Gasteiger partial charge is 0.140 e. The molecule has 1 aromatic heterocycles. The van der Waals surface area contributed by atoms with Gasteiger partial charge in [-0.05, 0) is 81.7 Å². The number of ether oxygens (including phenoxy) is 1. The van der Waals surface area contributed by atoms with E-state index in [2.05, 4.69) is 41.2 Å². The van der Waals surface area contributed by atoms with E-state index in [1.165, 1.54) is 5.57 Å². The van der Waals surface area contributed by atoms with Gasteiger partial charge in [0.05, 0.1) is 23.3 Å². The van der Waals surface area contributed by atoms with E-state index in [4.69, 9.17) is 4.74 Å². The summed E-state index contributed by atoms with van der Waals surface area (Å²) in [7, 11) is 3.87. The quantitative estimate of drug-likeness (QED) is 0.661. The van der Waals surface area contributed by atoms with Crippen molar-refractivity contribution >= 4 is 16.5 Å². The van der Waals surface area contributed by atoms with Crippen LogP contribution in [0.3, 0.4) is 0 Å². The average Bonchev–Trinajstić information content (AvgIpc) is 3.39. The number of fused-ring (bicyclic) bond motifs is 2. The lowest BCUT2D eigenvalue weighted by molar-refractivity contribution is -0.314. The highest BCUT2D eigenvalue weighted by molar-refractivity contribution is 5.84. The van der Waals surface area contributed by atoms with E-state index in [0.717, 1.165) is 35.7 Å². The molecule has 2 N–H and O–H groups in total. The maximum atomic E-state index is 17.2. The molecule has 5 aliphatic rings. The van der Waals surface area contributed by atoms with Crippen molar-refractivity contribution in [1.29, 1.82) is 0 Å². The summed E-state index contributed by atoms with van der Waals surface area (Å²) in [5, 5.41) is 23.1. The van der Waals surface area contributed by atoms with Gasteiger partial charge in [0.1, 0.15) is 17.6 Å². The number of halogens is 1. The van der Waals surface area contributed by atoms with Crippen LogP contribution in [0.1, 0.15) is 57.4 Å². The van der Waals surface area contributed by atoms with Crippen molar-refractivity contribution in [2.75, 3.05) is 14.1 Å². The summed E-state index contributed by atoms with van der Waals surface area (Å²) in [6.07, 6.45) is 8.15. The Labute approximate surface area is 211 Å². The fourth-order valence-electron chi connectivity index (χ4n) is 9.15. The van der Waals surface area contributed by atoms with Gasteiger partial charge in [0.2, 0.25) is 0 Å². The Kier molecular flexibility index (Phi) is 4.73. The largest absolute Gasteiger partial charge is 0.390 e. The van der Waals surface area contributed by atoms with Gasteiger partial charge in [-0.2, -0.15) is 0 Å². The molecule has 1 aromatic carbocycles. The Morgan fingerprint density at radius 3 is 2.72 bits per heavy atom. The number of alkyl halides is 1. The Balaban J connectivity index is 1.27. The number of hydrogen-bond donors (Lipinski definition) is 2. The molecule has 0 radical (unpaired) electrons. The number of aliphatic hydroxyl groups excluding tert-OH is 2. The molecule has 4 fully saturated rings. The Morgan fingerprint density at radius 1 is 1.08 bits per heavy atom. The van der Waals surface area contributed by atoms with Crippen LogP contribution < -0.4 is 0 Å². The zero-order valence-electron chi connectivity index (χ0n) is 21.3. The predicted molar refractivity (Wildman–Crippen MR) is 135 cm³/mol. The highest BCUT2D eigenvalue weighted by Crippen LogP contribution is 2.72. The molecule has 2 spiro atoms. The van der Waals surface area contributed by atoms with Crippen LogP contribution in [0.2, 0.25) is 0 Å². The summed E-state index contributed by atoms with van der Waals surface area (Å²) >= 11 is 0. The highest BCUT2D eigenvalue weighted by atomic mass is 19.1. The number of aromatic nitrogens is 2. The second-order valence-corrected chi connectivity index (χ2v) is 12.7. The van der Waals surface area contributed by atoms with Crippen LogP contribution in [0.5, 0.6) is 0 Å². The SMILES string of the molecule is CN(C)[C@H]1C[C@@]23CC[C@]4(O2)C2CC=C(c5ccc6cncnc6c5)[C@@]2(C)CCC4(F)CC3[C@@H](O)[C@@H]1O. The predicted octanol–water partition coefficient (Wildman–Crippen LogP) is 3.91. The van der Waals surface area contributed by atoms with Gasteiger partial charge >= 0.3 is 0 Å². The molecule has 192 valence electrons. The van der Waals surface area contributed by atoms with E-state index < -0.39 is 29.1 Å². The van der Waals surface area contributed by atoms with Gasteiger partial charge in [-0.3, -0.25) is 0 Å². The second-order valence-electron chi connectivity index (χ2n) is 12.7. The van der Waals surface area contributed by atoms with Crippen LogP contribution >= 0.6 is 0 Å². The van der Waals surface area contributed by atoms with Gasteiger partial charge in [0, 0.05) is 29.5 Å². The number of nitrogens with zero attached hydrogens (tertiary/aromatic N) is 3. The number of benzene rings is 1. The summed E-state index contributed by atoms with van der Waals surface area (Å²) in [5.41, 5.74) is 0.234. The summed E-state index contributed by atoms with van der Waals surface area (Å²) in [4.78, 5) is 10.6.